The third kappa shape index (κ3) is 3.12. The SMILES string of the molecule is CCCCCNC(=O)C1(C(F)(F)F)CCNC1. The van der Waals surface area contributed by atoms with Crippen molar-refractivity contribution in [2.45, 2.75) is 38.8 Å². The molecule has 0 aromatic rings. The first kappa shape index (κ1) is 14.3. The van der Waals surface area contributed by atoms with E-state index in [1.165, 1.54) is 0 Å². The average molecular weight is 252 g/mol. The van der Waals surface area contributed by atoms with Gasteiger partial charge in [0.05, 0.1) is 0 Å². The number of unbranched alkanes of at least 4 members (excludes halogenated alkanes) is 2. The topological polar surface area (TPSA) is 41.1 Å². The highest BCUT2D eigenvalue weighted by Gasteiger charge is 2.61. The van der Waals surface area contributed by atoms with E-state index in [0.717, 1.165) is 19.3 Å². The molecule has 100 valence electrons. The van der Waals surface area contributed by atoms with Crippen LogP contribution >= 0.6 is 0 Å². The minimum atomic E-state index is -4.48. The summed E-state index contributed by atoms with van der Waals surface area (Å²) in [5, 5.41) is 5.03. The van der Waals surface area contributed by atoms with E-state index in [1.54, 1.807) is 0 Å². The summed E-state index contributed by atoms with van der Waals surface area (Å²) in [7, 11) is 0. The summed E-state index contributed by atoms with van der Waals surface area (Å²) in [4.78, 5) is 11.7. The number of hydrogen-bond acceptors (Lipinski definition) is 2. The molecule has 6 heteroatoms. The van der Waals surface area contributed by atoms with Crippen molar-refractivity contribution in [1.29, 1.82) is 0 Å². The van der Waals surface area contributed by atoms with Crippen LogP contribution in [0.25, 0.3) is 0 Å². The number of amides is 1. The van der Waals surface area contributed by atoms with Gasteiger partial charge in [0.1, 0.15) is 0 Å². The van der Waals surface area contributed by atoms with Gasteiger partial charge in [-0.25, -0.2) is 0 Å². The van der Waals surface area contributed by atoms with Gasteiger partial charge in [0, 0.05) is 13.1 Å². The average Bonchev–Trinajstić information content (AvgIpc) is 2.73. The minimum absolute atomic E-state index is 0.171. The van der Waals surface area contributed by atoms with Crippen LogP contribution in [0.4, 0.5) is 13.2 Å². The normalized spacial score (nSPS) is 24.9. The van der Waals surface area contributed by atoms with Gasteiger partial charge in [0.2, 0.25) is 5.91 Å². The molecule has 0 aliphatic carbocycles. The van der Waals surface area contributed by atoms with E-state index in [0.29, 0.717) is 6.54 Å². The lowest BCUT2D eigenvalue weighted by molar-refractivity contribution is -0.216. The van der Waals surface area contributed by atoms with E-state index in [-0.39, 0.29) is 19.5 Å². The predicted octanol–water partition coefficient (Wildman–Crippen LogP) is 1.83. The molecule has 17 heavy (non-hydrogen) atoms. The Hall–Kier alpha value is -0.780. The molecule has 0 saturated carbocycles. The monoisotopic (exact) mass is 252 g/mol. The minimum Gasteiger partial charge on any atom is -0.355 e. The summed E-state index contributed by atoms with van der Waals surface area (Å²) >= 11 is 0. The van der Waals surface area contributed by atoms with E-state index in [1.807, 2.05) is 6.92 Å². The van der Waals surface area contributed by atoms with Crippen LogP contribution in [0.1, 0.15) is 32.6 Å². The van der Waals surface area contributed by atoms with Crippen LogP contribution in [0.15, 0.2) is 0 Å². The van der Waals surface area contributed by atoms with E-state index in [9.17, 15) is 18.0 Å². The molecule has 0 aromatic carbocycles. The molecule has 1 fully saturated rings. The number of halogens is 3. The Kier molecular flexibility index (Phi) is 4.80. The largest absolute Gasteiger partial charge is 0.404 e. The third-order valence-corrected chi connectivity index (χ3v) is 3.20. The maximum absolute atomic E-state index is 12.9. The Balaban J connectivity index is 2.56. The summed E-state index contributed by atoms with van der Waals surface area (Å²) < 4.78 is 38.8. The second-order valence-corrected chi connectivity index (χ2v) is 4.47. The van der Waals surface area contributed by atoms with E-state index in [2.05, 4.69) is 10.6 Å². The molecule has 0 bridgehead atoms. The molecular weight excluding hydrogens is 233 g/mol. The van der Waals surface area contributed by atoms with Crippen LogP contribution in [-0.2, 0) is 4.79 Å². The van der Waals surface area contributed by atoms with Crippen molar-refractivity contribution < 1.29 is 18.0 Å². The van der Waals surface area contributed by atoms with Crippen molar-refractivity contribution >= 4 is 5.91 Å². The summed E-state index contributed by atoms with van der Waals surface area (Å²) in [6, 6.07) is 0. The second kappa shape index (κ2) is 5.71. The van der Waals surface area contributed by atoms with Crippen molar-refractivity contribution in [2.75, 3.05) is 19.6 Å². The van der Waals surface area contributed by atoms with Gasteiger partial charge in [-0.3, -0.25) is 4.79 Å². The molecule has 1 aliphatic rings. The zero-order valence-electron chi connectivity index (χ0n) is 9.99. The molecule has 1 saturated heterocycles. The zero-order valence-corrected chi connectivity index (χ0v) is 9.99. The van der Waals surface area contributed by atoms with Crippen molar-refractivity contribution in [2.24, 2.45) is 5.41 Å². The first-order valence-electron chi connectivity index (χ1n) is 6.00. The highest BCUT2D eigenvalue weighted by Crippen LogP contribution is 2.43. The number of nitrogens with one attached hydrogen (secondary N) is 2. The molecule has 1 heterocycles. The number of carbonyl (C=O) groups excluding carboxylic acids is 1. The fourth-order valence-electron chi connectivity index (χ4n) is 2.00. The molecular formula is C11H19F3N2O. The smallest absolute Gasteiger partial charge is 0.355 e. The van der Waals surface area contributed by atoms with Gasteiger partial charge >= 0.3 is 6.18 Å². The van der Waals surface area contributed by atoms with Crippen molar-refractivity contribution in [3.63, 3.8) is 0 Å². The molecule has 0 aromatic heterocycles. The quantitative estimate of drug-likeness (QED) is 0.733. The maximum Gasteiger partial charge on any atom is 0.404 e. The van der Waals surface area contributed by atoms with Gasteiger partial charge in [-0.15, -0.1) is 0 Å². The fraction of sp³-hybridized carbons (Fsp3) is 0.909. The van der Waals surface area contributed by atoms with Crippen molar-refractivity contribution in [3.8, 4) is 0 Å². The third-order valence-electron chi connectivity index (χ3n) is 3.20. The maximum atomic E-state index is 12.9. The standard InChI is InChI=1S/C11H19F3N2O/c1-2-3-4-6-16-9(17)10(11(12,13)14)5-7-15-8-10/h15H,2-8H2,1H3,(H,16,17). The Morgan fingerprint density at radius 1 is 1.41 bits per heavy atom. The zero-order chi connectivity index (χ0) is 12.9. The lowest BCUT2D eigenvalue weighted by atomic mass is 9.85. The Bertz CT molecular complexity index is 260. The molecule has 1 atom stereocenters. The van der Waals surface area contributed by atoms with E-state index >= 15 is 0 Å². The van der Waals surface area contributed by atoms with Crippen LogP contribution in [0, 0.1) is 5.41 Å². The van der Waals surface area contributed by atoms with Gasteiger partial charge in [0.15, 0.2) is 5.41 Å². The van der Waals surface area contributed by atoms with E-state index in [4.69, 9.17) is 0 Å². The Morgan fingerprint density at radius 3 is 2.59 bits per heavy atom. The van der Waals surface area contributed by atoms with E-state index < -0.39 is 17.5 Å². The van der Waals surface area contributed by atoms with Gasteiger partial charge < -0.3 is 10.6 Å². The summed E-state index contributed by atoms with van der Waals surface area (Å²) in [6.07, 6.45) is -2.04. The van der Waals surface area contributed by atoms with Crippen LogP contribution in [0.3, 0.4) is 0 Å². The van der Waals surface area contributed by atoms with Gasteiger partial charge in [0.25, 0.3) is 0 Å². The summed E-state index contributed by atoms with van der Waals surface area (Å²) in [6.45, 7) is 2.25. The van der Waals surface area contributed by atoms with Crippen LogP contribution in [0.5, 0.6) is 0 Å². The van der Waals surface area contributed by atoms with Crippen LogP contribution in [-0.4, -0.2) is 31.7 Å². The Labute approximate surface area is 99.1 Å². The highest BCUT2D eigenvalue weighted by atomic mass is 19.4. The predicted molar refractivity (Wildman–Crippen MR) is 58.5 cm³/mol. The number of hydrogen-bond donors (Lipinski definition) is 2. The highest BCUT2D eigenvalue weighted by molar-refractivity contribution is 5.84. The number of alkyl halides is 3. The van der Waals surface area contributed by atoms with Gasteiger partial charge in [-0.05, 0) is 19.4 Å². The number of rotatable bonds is 5. The molecule has 0 radical (unpaired) electrons. The van der Waals surface area contributed by atoms with Gasteiger partial charge in [-0.1, -0.05) is 19.8 Å². The fourth-order valence-corrected chi connectivity index (χ4v) is 2.00. The molecule has 1 unspecified atom stereocenters. The lowest BCUT2D eigenvalue weighted by Gasteiger charge is -2.29. The molecule has 1 rings (SSSR count). The summed E-state index contributed by atoms with van der Waals surface area (Å²) in [5.74, 6) is -0.883. The second-order valence-electron chi connectivity index (χ2n) is 4.47. The van der Waals surface area contributed by atoms with Crippen LogP contribution in [0.2, 0.25) is 0 Å². The number of carbonyl (C=O) groups is 1. The first-order chi connectivity index (χ1) is 7.94. The molecule has 3 nitrogen and oxygen atoms in total. The molecule has 1 amide bonds. The first-order valence-corrected chi connectivity index (χ1v) is 6.00. The van der Waals surface area contributed by atoms with Crippen molar-refractivity contribution in [3.05, 3.63) is 0 Å². The van der Waals surface area contributed by atoms with Crippen molar-refractivity contribution in [1.82, 2.24) is 10.6 Å². The molecule has 2 N–H and O–H groups in total. The molecule has 1 aliphatic heterocycles. The lowest BCUT2D eigenvalue weighted by Crippen LogP contribution is -2.52. The molecule has 0 spiro atoms. The summed E-state index contributed by atoms with van der Waals surface area (Å²) in [5.41, 5.74) is -2.22. The Morgan fingerprint density at radius 2 is 2.12 bits per heavy atom. The van der Waals surface area contributed by atoms with Crippen LogP contribution < -0.4 is 10.6 Å². The van der Waals surface area contributed by atoms with Gasteiger partial charge in [-0.2, -0.15) is 13.2 Å².